The van der Waals surface area contributed by atoms with Crippen molar-refractivity contribution in [1.82, 2.24) is 9.97 Å². The second kappa shape index (κ2) is 4.91. The van der Waals surface area contributed by atoms with Crippen molar-refractivity contribution in [2.24, 2.45) is 0 Å². The average Bonchev–Trinajstić information content (AvgIpc) is 2.11. The van der Waals surface area contributed by atoms with E-state index in [0.717, 1.165) is 0 Å². The van der Waals surface area contributed by atoms with Gasteiger partial charge in [-0.3, -0.25) is 4.72 Å². The normalized spacial score (nSPS) is 12.9. The lowest BCUT2D eigenvalue weighted by molar-refractivity contribution is 0.680. The van der Waals surface area contributed by atoms with Gasteiger partial charge in [-0.2, -0.15) is 0 Å². The quantitative estimate of drug-likeness (QED) is 0.842. The molecular formula is C7H9Cl2N3OS. The van der Waals surface area contributed by atoms with Crippen molar-refractivity contribution in [3.63, 3.8) is 0 Å². The molecule has 7 heteroatoms. The molecule has 78 valence electrons. The average molecular weight is 254 g/mol. The Balaban J connectivity index is 2.91. The van der Waals surface area contributed by atoms with Crippen LogP contribution in [0.25, 0.3) is 0 Å². The fraction of sp³-hybridized carbons (Fsp3) is 0.429. The van der Waals surface area contributed by atoms with E-state index in [2.05, 4.69) is 14.7 Å². The molecule has 0 amide bonds. The van der Waals surface area contributed by atoms with Gasteiger partial charge in [-0.1, -0.05) is 23.2 Å². The smallest absolute Gasteiger partial charge is 0.158 e. The van der Waals surface area contributed by atoms with Crippen molar-refractivity contribution in [2.75, 3.05) is 4.72 Å². The van der Waals surface area contributed by atoms with E-state index in [9.17, 15) is 4.21 Å². The molecule has 0 saturated heterocycles. The zero-order chi connectivity index (χ0) is 10.7. The van der Waals surface area contributed by atoms with Crippen LogP contribution in [0.4, 0.5) is 5.69 Å². The predicted octanol–water partition coefficient (Wildman–Crippen LogP) is 2.27. The molecule has 0 aromatic carbocycles. The monoisotopic (exact) mass is 253 g/mol. The van der Waals surface area contributed by atoms with E-state index in [-0.39, 0.29) is 15.6 Å². The molecule has 0 aliphatic heterocycles. The van der Waals surface area contributed by atoms with Crippen LogP contribution in [-0.2, 0) is 11.0 Å². The molecular weight excluding hydrogens is 245 g/mol. The number of anilines is 1. The van der Waals surface area contributed by atoms with Crippen LogP contribution in [0.15, 0.2) is 6.33 Å². The standard InChI is InChI=1S/C7H9Cl2N3OS/c1-4(2)14(13)12-5-6(8)10-3-11-7(5)9/h3-4,12H,1-2H3. The molecule has 0 radical (unpaired) electrons. The molecule has 0 aliphatic carbocycles. The third-order valence-electron chi connectivity index (χ3n) is 1.39. The first-order valence-corrected chi connectivity index (χ1v) is 5.82. The van der Waals surface area contributed by atoms with E-state index in [4.69, 9.17) is 23.2 Å². The van der Waals surface area contributed by atoms with Crippen molar-refractivity contribution in [3.05, 3.63) is 16.6 Å². The Kier molecular flexibility index (Phi) is 4.10. The molecule has 14 heavy (non-hydrogen) atoms. The van der Waals surface area contributed by atoms with Gasteiger partial charge in [0, 0.05) is 5.25 Å². The summed E-state index contributed by atoms with van der Waals surface area (Å²) >= 11 is 11.5. The van der Waals surface area contributed by atoms with Gasteiger partial charge in [0.25, 0.3) is 0 Å². The summed E-state index contributed by atoms with van der Waals surface area (Å²) in [6, 6.07) is 0. The first kappa shape index (κ1) is 11.7. The highest BCUT2D eigenvalue weighted by atomic mass is 35.5. The van der Waals surface area contributed by atoms with Crippen molar-refractivity contribution in [2.45, 2.75) is 19.1 Å². The molecule has 1 heterocycles. The zero-order valence-corrected chi connectivity index (χ0v) is 9.95. The minimum absolute atomic E-state index is 0.0395. The molecule has 1 aromatic heterocycles. The third kappa shape index (κ3) is 2.80. The Morgan fingerprint density at radius 1 is 1.36 bits per heavy atom. The highest BCUT2D eigenvalue weighted by molar-refractivity contribution is 7.86. The van der Waals surface area contributed by atoms with Crippen molar-refractivity contribution in [3.8, 4) is 0 Å². The van der Waals surface area contributed by atoms with Gasteiger partial charge in [-0.25, -0.2) is 14.2 Å². The molecule has 1 aromatic rings. The largest absolute Gasteiger partial charge is 0.299 e. The Hall–Kier alpha value is -0.390. The summed E-state index contributed by atoms with van der Waals surface area (Å²) in [4.78, 5) is 7.45. The summed E-state index contributed by atoms with van der Waals surface area (Å²) in [6.45, 7) is 3.63. The van der Waals surface area contributed by atoms with Gasteiger partial charge in [0.2, 0.25) is 0 Å². The maximum absolute atomic E-state index is 11.4. The van der Waals surface area contributed by atoms with Crippen LogP contribution in [0.5, 0.6) is 0 Å². The van der Waals surface area contributed by atoms with E-state index in [1.54, 1.807) is 0 Å². The summed E-state index contributed by atoms with van der Waals surface area (Å²) in [5.74, 6) is 0. The molecule has 1 rings (SSSR count). The summed E-state index contributed by atoms with van der Waals surface area (Å²) in [5, 5.41) is 0.292. The van der Waals surface area contributed by atoms with Crippen LogP contribution < -0.4 is 4.72 Å². The van der Waals surface area contributed by atoms with Gasteiger partial charge in [0.15, 0.2) is 10.3 Å². The SMILES string of the molecule is CC(C)S(=O)Nc1c(Cl)ncnc1Cl. The molecule has 0 saturated carbocycles. The van der Waals surface area contributed by atoms with E-state index in [0.29, 0.717) is 5.69 Å². The molecule has 0 bridgehead atoms. The Morgan fingerprint density at radius 2 is 1.86 bits per heavy atom. The number of rotatable bonds is 3. The first-order valence-electron chi connectivity index (χ1n) is 3.85. The van der Waals surface area contributed by atoms with Crippen LogP contribution in [0, 0.1) is 0 Å². The maximum atomic E-state index is 11.4. The second-order valence-electron chi connectivity index (χ2n) is 2.78. The minimum Gasteiger partial charge on any atom is -0.299 e. The highest BCUT2D eigenvalue weighted by Gasteiger charge is 2.12. The van der Waals surface area contributed by atoms with Gasteiger partial charge in [0.05, 0.1) is 0 Å². The van der Waals surface area contributed by atoms with Crippen LogP contribution >= 0.6 is 23.2 Å². The Morgan fingerprint density at radius 3 is 2.29 bits per heavy atom. The molecule has 1 N–H and O–H groups in total. The molecule has 1 unspecified atom stereocenters. The van der Waals surface area contributed by atoms with Crippen LogP contribution in [0.2, 0.25) is 10.3 Å². The second-order valence-corrected chi connectivity index (χ2v) is 5.24. The lowest BCUT2D eigenvalue weighted by atomic mass is 10.6. The minimum atomic E-state index is -1.24. The van der Waals surface area contributed by atoms with E-state index < -0.39 is 11.0 Å². The Labute approximate surface area is 94.6 Å². The van der Waals surface area contributed by atoms with Crippen LogP contribution in [-0.4, -0.2) is 19.4 Å². The van der Waals surface area contributed by atoms with Crippen LogP contribution in [0.3, 0.4) is 0 Å². The molecule has 0 spiro atoms. The zero-order valence-electron chi connectivity index (χ0n) is 7.62. The van der Waals surface area contributed by atoms with Crippen molar-refractivity contribution < 1.29 is 4.21 Å². The number of halogens is 2. The summed E-state index contributed by atoms with van der Waals surface area (Å²) < 4.78 is 14.1. The van der Waals surface area contributed by atoms with E-state index in [1.165, 1.54) is 6.33 Å². The molecule has 4 nitrogen and oxygen atoms in total. The van der Waals surface area contributed by atoms with Gasteiger partial charge in [0.1, 0.15) is 23.0 Å². The summed E-state index contributed by atoms with van der Waals surface area (Å²) in [6.07, 6.45) is 1.24. The lowest BCUT2D eigenvalue weighted by Gasteiger charge is -2.09. The van der Waals surface area contributed by atoms with Crippen molar-refractivity contribution >= 4 is 39.9 Å². The number of hydrogen-bond acceptors (Lipinski definition) is 3. The van der Waals surface area contributed by atoms with Gasteiger partial charge < -0.3 is 0 Å². The van der Waals surface area contributed by atoms with Gasteiger partial charge >= 0.3 is 0 Å². The highest BCUT2D eigenvalue weighted by Crippen LogP contribution is 2.26. The van der Waals surface area contributed by atoms with Crippen molar-refractivity contribution in [1.29, 1.82) is 0 Å². The molecule has 0 aliphatic rings. The number of nitrogens with one attached hydrogen (secondary N) is 1. The molecule has 1 atom stereocenters. The maximum Gasteiger partial charge on any atom is 0.158 e. The topological polar surface area (TPSA) is 54.9 Å². The summed E-state index contributed by atoms with van der Waals surface area (Å²) in [7, 11) is -1.24. The van der Waals surface area contributed by atoms with Crippen LogP contribution in [0.1, 0.15) is 13.8 Å². The number of hydrogen-bond donors (Lipinski definition) is 1. The Bertz CT molecular complexity index is 339. The van der Waals surface area contributed by atoms with E-state index in [1.807, 2.05) is 13.8 Å². The van der Waals surface area contributed by atoms with Gasteiger partial charge in [-0.05, 0) is 13.8 Å². The summed E-state index contributed by atoms with van der Waals surface area (Å²) in [5.41, 5.74) is 0.308. The predicted molar refractivity (Wildman–Crippen MR) is 59.0 cm³/mol. The number of nitrogens with zero attached hydrogens (tertiary/aromatic N) is 2. The first-order chi connectivity index (χ1) is 6.52. The van der Waals surface area contributed by atoms with Gasteiger partial charge in [-0.15, -0.1) is 0 Å². The number of aromatic nitrogens is 2. The fourth-order valence-electron chi connectivity index (χ4n) is 0.647. The lowest BCUT2D eigenvalue weighted by Crippen LogP contribution is -2.15. The molecule has 0 fully saturated rings. The fourth-order valence-corrected chi connectivity index (χ4v) is 1.80. The third-order valence-corrected chi connectivity index (χ3v) is 3.22. The van der Waals surface area contributed by atoms with E-state index >= 15 is 0 Å².